The number of carbonyl (C=O) groups excluding carboxylic acids is 1. The molecule has 1 fully saturated rings. The van der Waals surface area contributed by atoms with E-state index in [1.807, 2.05) is 0 Å². The van der Waals surface area contributed by atoms with E-state index in [-0.39, 0.29) is 4.32 Å². The van der Waals surface area contributed by atoms with Crippen LogP contribution in [0.25, 0.3) is 6.08 Å². The molecule has 2 heterocycles. The van der Waals surface area contributed by atoms with Gasteiger partial charge in [0.2, 0.25) is 0 Å². The van der Waals surface area contributed by atoms with Crippen molar-refractivity contribution in [2.75, 3.05) is 19.8 Å². The van der Waals surface area contributed by atoms with Gasteiger partial charge < -0.3 is 14.6 Å². The minimum atomic E-state index is -1.10. The van der Waals surface area contributed by atoms with Gasteiger partial charge in [-0.3, -0.25) is 14.5 Å². The van der Waals surface area contributed by atoms with Crippen LogP contribution in [0.1, 0.15) is 5.56 Å². The molecule has 1 aromatic carbocycles. The van der Waals surface area contributed by atoms with Crippen LogP contribution < -0.4 is 9.47 Å². The van der Waals surface area contributed by atoms with E-state index in [0.717, 1.165) is 22.2 Å². The van der Waals surface area contributed by atoms with Crippen molar-refractivity contribution in [2.45, 2.75) is 0 Å². The van der Waals surface area contributed by atoms with E-state index < -0.39 is 18.4 Å². The largest absolute Gasteiger partial charge is 0.486 e. The minimum Gasteiger partial charge on any atom is -0.486 e. The van der Waals surface area contributed by atoms with Crippen LogP contribution in [0.4, 0.5) is 0 Å². The van der Waals surface area contributed by atoms with Crippen LogP contribution in [0.2, 0.25) is 0 Å². The first kappa shape index (κ1) is 14.9. The van der Waals surface area contributed by atoms with E-state index >= 15 is 0 Å². The molecule has 1 aromatic rings. The first-order chi connectivity index (χ1) is 10.5. The number of thioether (sulfide) groups is 1. The number of carbonyl (C=O) groups is 2. The molecule has 0 spiro atoms. The lowest BCUT2D eigenvalue weighted by atomic mass is 10.1. The number of nitrogens with zero attached hydrogens (tertiary/aromatic N) is 1. The fourth-order valence-electron chi connectivity index (χ4n) is 2.07. The minimum absolute atomic E-state index is 0.246. The number of hydrogen-bond donors (Lipinski definition) is 1. The Labute approximate surface area is 135 Å². The summed E-state index contributed by atoms with van der Waals surface area (Å²) in [6, 6.07) is 5.35. The Morgan fingerprint density at radius 3 is 2.82 bits per heavy atom. The third-order valence-electron chi connectivity index (χ3n) is 3.03. The summed E-state index contributed by atoms with van der Waals surface area (Å²) in [6.45, 7) is 0.570. The van der Waals surface area contributed by atoms with Gasteiger partial charge in [0.1, 0.15) is 24.1 Å². The predicted molar refractivity (Wildman–Crippen MR) is 84.9 cm³/mol. The van der Waals surface area contributed by atoms with Crippen LogP contribution in [0, 0.1) is 0 Å². The standard InChI is InChI=1S/C14H11NO5S2/c16-12(17)7-15-13(18)11(22-14(15)21)6-8-1-2-9-10(5-8)20-4-3-19-9/h1-2,5-6H,3-4,7H2,(H,16,17)/b11-6+. The summed E-state index contributed by atoms with van der Waals surface area (Å²) in [5.41, 5.74) is 0.764. The highest BCUT2D eigenvalue weighted by Gasteiger charge is 2.33. The van der Waals surface area contributed by atoms with Gasteiger partial charge in [-0.2, -0.15) is 0 Å². The van der Waals surface area contributed by atoms with Crippen LogP contribution in [-0.2, 0) is 9.59 Å². The first-order valence-corrected chi connectivity index (χ1v) is 7.64. The number of carboxylic acids is 1. The summed E-state index contributed by atoms with van der Waals surface area (Å²) in [5, 5.41) is 8.81. The topological polar surface area (TPSA) is 76.1 Å². The molecular formula is C14H11NO5S2. The van der Waals surface area contributed by atoms with Crippen molar-refractivity contribution < 1.29 is 24.2 Å². The fourth-order valence-corrected chi connectivity index (χ4v) is 3.33. The molecule has 0 aromatic heterocycles. The van der Waals surface area contributed by atoms with Crippen molar-refractivity contribution in [2.24, 2.45) is 0 Å². The van der Waals surface area contributed by atoms with E-state index in [0.29, 0.717) is 29.6 Å². The molecule has 1 N–H and O–H groups in total. The predicted octanol–water partition coefficient (Wildman–Crippen LogP) is 1.74. The van der Waals surface area contributed by atoms with Crippen molar-refractivity contribution in [1.29, 1.82) is 0 Å². The van der Waals surface area contributed by atoms with Gasteiger partial charge in [0, 0.05) is 0 Å². The van der Waals surface area contributed by atoms with E-state index in [2.05, 4.69) is 0 Å². The third kappa shape index (κ3) is 2.93. The maximum Gasteiger partial charge on any atom is 0.323 e. The molecule has 0 atom stereocenters. The maximum atomic E-state index is 12.2. The van der Waals surface area contributed by atoms with Crippen LogP contribution >= 0.6 is 24.0 Å². The van der Waals surface area contributed by atoms with Gasteiger partial charge in [0.15, 0.2) is 11.5 Å². The summed E-state index contributed by atoms with van der Waals surface area (Å²) >= 11 is 6.14. The second-order valence-electron chi connectivity index (χ2n) is 4.56. The second-order valence-corrected chi connectivity index (χ2v) is 6.24. The quantitative estimate of drug-likeness (QED) is 0.665. The van der Waals surface area contributed by atoms with Crippen molar-refractivity contribution in [3.8, 4) is 11.5 Å². The molecule has 22 heavy (non-hydrogen) atoms. The van der Waals surface area contributed by atoms with Gasteiger partial charge in [-0.05, 0) is 23.8 Å². The van der Waals surface area contributed by atoms with E-state index in [9.17, 15) is 9.59 Å². The zero-order valence-electron chi connectivity index (χ0n) is 11.3. The lowest BCUT2D eigenvalue weighted by molar-refractivity contribution is -0.140. The number of thiocarbonyl (C=S) groups is 1. The molecule has 1 saturated heterocycles. The summed E-state index contributed by atoms with van der Waals surface area (Å²) in [4.78, 5) is 24.4. The van der Waals surface area contributed by atoms with Gasteiger partial charge in [0.25, 0.3) is 5.91 Å². The van der Waals surface area contributed by atoms with Gasteiger partial charge in [-0.1, -0.05) is 30.0 Å². The zero-order valence-corrected chi connectivity index (χ0v) is 12.9. The fraction of sp³-hybridized carbons (Fsp3) is 0.214. The molecule has 0 bridgehead atoms. The van der Waals surface area contributed by atoms with Crippen molar-refractivity contribution >= 4 is 46.3 Å². The number of hydrogen-bond acceptors (Lipinski definition) is 6. The molecule has 0 radical (unpaired) electrons. The number of benzene rings is 1. The number of ether oxygens (including phenoxy) is 2. The van der Waals surface area contributed by atoms with Crippen LogP contribution in [0.3, 0.4) is 0 Å². The molecule has 2 aliphatic rings. The number of fused-ring (bicyclic) bond motifs is 1. The average Bonchev–Trinajstić information content (AvgIpc) is 2.74. The molecule has 1 amide bonds. The summed E-state index contributed by atoms with van der Waals surface area (Å²) in [6.07, 6.45) is 1.67. The molecule has 0 aliphatic carbocycles. The second kappa shape index (κ2) is 5.98. The van der Waals surface area contributed by atoms with Crippen LogP contribution in [-0.4, -0.2) is 46.0 Å². The Bertz CT molecular complexity index is 700. The molecule has 3 rings (SSSR count). The molecule has 0 unspecified atom stereocenters. The van der Waals surface area contributed by atoms with Gasteiger partial charge in [0.05, 0.1) is 4.91 Å². The zero-order chi connectivity index (χ0) is 15.7. The van der Waals surface area contributed by atoms with Crippen molar-refractivity contribution in [3.63, 3.8) is 0 Å². The Morgan fingerprint density at radius 1 is 1.36 bits per heavy atom. The number of carboxylic acid groups (broad SMARTS) is 1. The number of amides is 1. The lowest BCUT2D eigenvalue weighted by Gasteiger charge is -2.18. The van der Waals surface area contributed by atoms with Gasteiger partial charge in [-0.25, -0.2) is 0 Å². The number of aliphatic carboxylic acids is 1. The smallest absolute Gasteiger partial charge is 0.323 e. The van der Waals surface area contributed by atoms with Gasteiger partial charge in [-0.15, -0.1) is 0 Å². The van der Waals surface area contributed by atoms with E-state index in [1.54, 1.807) is 24.3 Å². The summed E-state index contributed by atoms with van der Waals surface area (Å²) in [7, 11) is 0. The Morgan fingerprint density at radius 2 is 2.09 bits per heavy atom. The SMILES string of the molecule is O=C(O)CN1C(=O)/C(=C\c2ccc3c(c2)OCCO3)SC1=S. The lowest BCUT2D eigenvalue weighted by Crippen LogP contribution is -2.33. The average molecular weight is 337 g/mol. The van der Waals surface area contributed by atoms with Crippen LogP contribution in [0.15, 0.2) is 23.1 Å². The summed E-state index contributed by atoms with van der Waals surface area (Å²) < 4.78 is 11.2. The molecule has 114 valence electrons. The number of rotatable bonds is 3. The van der Waals surface area contributed by atoms with E-state index in [4.69, 9.17) is 26.8 Å². The molecule has 8 heteroatoms. The Balaban J connectivity index is 1.85. The third-order valence-corrected chi connectivity index (χ3v) is 4.41. The Hall–Kier alpha value is -2.06. The molecule has 0 saturated carbocycles. The van der Waals surface area contributed by atoms with Crippen molar-refractivity contribution in [1.82, 2.24) is 4.90 Å². The highest BCUT2D eigenvalue weighted by molar-refractivity contribution is 8.26. The normalized spacial score (nSPS) is 18.9. The molecule has 6 nitrogen and oxygen atoms in total. The monoisotopic (exact) mass is 337 g/mol. The molecule has 2 aliphatic heterocycles. The maximum absolute atomic E-state index is 12.2. The summed E-state index contributed by atoms with van der Waals surface area (Å²) in [5.74, 6) is -0.202. The van der Waals surface area contributed by atoms with Crippen LogP contribution in [0.5, 0.6) is 11.5 Å². The Kier molecular flexibility index (Phi) is 4.04. The highest BCUT2D eigenvalue weighted by Crippen LogP contribution is 2.35. The van der Waals surface area contributed by atoms with Gasteiger partial charge >= 0.3 is 5.97 Å². The first-order valence-electron chi connectivity index (χ1n) is 6.41. The van der Waals surface area contributed by atoms with Crippen molar-refractivity contribution in [3.05, 3.63) is 28.7 Å². The molecular weight excluding hydrogens is 326 g/mol. The van der Waals surface area contributed by atoms with E-state index in [1.165, 1.54) is 0 Å². The highest BCUT2D eigenvalue weighted by atomic mass is 32.2.